The van der Waals surface area contributed by atoms with Crippen molar-refractivity contribution in [3.63, 3.8) is 0 Å². The van der Waals surface area contributed by atoms with E-state index in [9.17, 15) is 4.79 Å². The molecule has 0 rings (SSSR count). The van der Waals surface area contributed by atoms with Crippen LogP contribution >= 0.6 is 0 Å². The monoisotopic (exact) mass is 219 g/mol. The Kier molecular flexibility index (Phi) is 9.46. The van der Waals surface area contributed by atoms with E-state index < -0.39 is 5.97 Å². The van der Waals surface area contributed by atoms with Crippen molar-refractivity contribution in [3.05, 3.63) is 0 Å². The second kappa shape index (κ2) is 9.89. The van der Waals surface area contributed by atoms with Gasteiger partial charge in [0, 0.05) is 32.8 Å². The molecule has 0 aliphatic rings. The molecule has 15 heavy (non-hydrogen) atoms. The summed E-state index contributed by atoms with van der Waals surface area (Å²) in [5.41, 5.74) is 0. The van der Waals surface area contributed by atoms with E-state index >= 15 is 0 Å². The van der Waals surface area contributed by atoms with E-state index in [4.69, 9.17) is 14.9 Å². The van der Waals surface area contributed by atoms with Gasteiger partial charge in [0.2, 0.25) is 0 Å². The number of carboxylic acid groups (broad SMARTS) is 1. The fraction of sp³-hybridized carbons (Fsp3) is 0.900. The van der Waals surface area contributed by atoms with Gasteiger partial charge in [-0.3, -0.25) is 4.79 Å². The molecule has 0 radical (unpaired) electrons. The standard InChI is InChI=1S/C10H21NO4/c1-2-15-9-3-5-11(7-8-12)6-4-10(13)14/h12H,2-9H2,1H3,(H,13,14). The molecule has 5 heteroatoms. The van der Waals surface area contributed by atoms with Crippen molar-refractivity contribution in [1.82, 2.24) is 4.90 Å². The van der Waals surface area contributed by atoms with E-state index in [0.29, 0.717) is 26.3 Å². The average molecular weight is 219 g/mol. The van der Waals surface area contributed by atoms with E-state index in [-0.39, 0.29) is 13.0 Å². The Balaban J connectivity index is 3.57. The van der Waals surface area contributed by atoms with E-state index in [1.807, 2.05) is 11.8 Å². The highest BCUT2D eigenvalue weighted by Crippen LogP contribution is 1.95. The van der Waals surface area contributed by atoms with E-state index in [2.05, 4.69) is 0 Å². The van der Waals surface area contributed by atoms with Crippen molar-refractivity contribution in [3.8, 4) is 0 Å². The zero-order valence-corrected chi connectivity index (χ0v) is 9.31. The van der Waals surface area contributed by atoms with E-state index in [1.54, 1.807) is 0 Å². The summed E-state index contributed by atoms with van der Waals surface area (Å²) < 4.78 is 5.18. The predicted octanol–water partition coefficient (Wildman–Crippen LogP) is 0.182. The largest absolute Gasteiger partial charge is 0.481 e. The Morgan fingerprint density at radius 3 is 2.60 bits per heavy atom. The molecule has 0 aromatic carbocycles. The normalized spacial score (nSPS) is 10.9. The summed E-state index contributed by atoms with van der Waals surface area (Å²) >= 11 is 0. The second-order valence-corrected chi connectivity index (χ2v) is 3.26. The molecule has 0 saturated heterocycles. The SMILES string of the molecule is CCOCCCN(CCO)CCC(=O)O. The maximum atomic E-state index is 10.4. The molecular formula is C10H21NO4. The first-order valence-electron chi connectivity index (χ1n) is 5.33. The summed E-state index contributed by atoms with van der Waals surface area (Å²) in [6, 6.07) is 0. The lowest BCUT2D eigenvalue weighted by Crippen LogP contribution is -2.31. The molecule has 0 heterocycles. The van der Waals surface area contributed by atoms with Crippen LogP contribution in [-0.4, -0.2) is 60.5 Å². The molecule has 0 aliphatic carbocycles. The maximum Gasteiger partial charge on any atom is 0.304 e. The fourth-order valence-electron chi connectivity index (χ4n) is 1.27. The van der Waals surface area contributed by atoms with Gasteiger partial charge in [0.15, 0.2) is 0 Å². The van der Waals surface area contributed by atoms with Crippen molar-refractivity contribution in [2.24, 2.45) is 0 Å². The van der Waals surface area contributed by atoms with Gasteiger partial charge in [0.05, 0.1) is 13.0 Å². The number of aliphatic hydroxyl groups excluding tert-OH is 1. The van der Waals surface area contributed by atoms with Crippen LogP contribution in [0.25, 0.3) is 0 Å². The van der Waals surface area contributed by atoms with Gasteiger partial charge >= 0.3 is 5.97 Å². The quantitative estimate of drug-likeness (QED) is 0.513. The highest BCUT2D eigenvalue weighted by Gasteiger charge is 2.06. The van der Waals surface area contributed by atoms with Crippen molar-refractivity contribution in [2.45, 2.75) is 19.8 Å². The molecule has 0 fully saturated rings. The van der Waals surface area contributed by atoms with Crippen LogP contribution in [0.2, 0.25) is 0 Å². The van der Waals surface area contributed by atoms with Gasteiger partial charge in [-0.25, -0.2) is 0 Å². The highest BCUT2D eigenvalue weighted by atomic mass is 16.5. The zero-order valence-electron chi connectivity index (χ0n) is 9.31. The number of carbonyl (C=O) groups is 1. The minimum absolute atomic E-state index is 0.0637. The van der Waals surface area contributed by atoms with Gasteiger partial charge in [-0.15, -0.1) is 0 Å². The average Bonchev–Trinajstić information content (AvgIpc) is 2.20. The topological polar surface area (TPSA) is 70.0 Å². The summed E-state index contributed by atoms with van der Waals surface area (Å²) in [4.78, 5) is 12.3. The number of rotatable bonds is 10. The first-order chi connectivity index (χ1) is 7.20. The summed E-state index contributed by atoms with van der Waals surface area (Å²) in [6.45, 7) is 5.18. The van der Waals surface area contributed by atoms with Crippen molar-refractivity contribution in [2.75, 3.05) is 39.5 Å². The number of aliphatic hydroxyl groups is 1. The molecule has 0 amide bonds. The molecule has 0 atom stereocenters. The van der Waals surface area contributed by atoms with Gasteiger partial charge in [-0.05, 0) is 13.3 Å². The van der Waals surface area contributed by atoms with E-state index in [1.165, 1.54) is 0 Å². The molecule has 2 N–H and O–H groups in total. The van der Waals surface area contributed by atoms with Crippen molar-refractivity contribution < 1.29 is 19.7 Å². The summed E-state index contributed by atoms with van der Waals surface area (Å²) in [5.74, 6) is -0.803. The third-order valence-electron chi connectivity index (χ3n) is 2.03. The van der Waals surface area contributed by atoms with Gasteiger partial charge in [0.25, 0.3) is 0 Å². The van der Waals surface area contributed by atoms with Crippen LogP contribution in [0.4, 0.5) is 0 Å². The number of nitrogens with zero attached hydrogens (tertiary/aromatic N) is 1. The lowest BCUT2D eigenvalue weighted by atomic mass is 10.3. The molecule has 0 aliphatic heterocycles. The van der Waals surface area contributed by atoms with Gasteiger partial charge in [-0.2, -0.15) is 0 Å². The van der Waals surface area contributed by atoms with Crippen molar-refractivity contribution in [1.29, 1.82) is 0 Å². The minimum Gasteiger partial charge on any atom is -0.481 e. The van der Waals surface area contributed by atoms with Crippen LogP contribution in [0.5, 0.6) is 0 Å². The highest BCUT2D eigenvalue weighted by molar-refractivity contribution is 5.66. The molecule has 90 valence electrons. The van der Waals surface area contributed by atoms with Crippen LogP contribution in [0, 0.1) is 0 Å². The van der Waals surface area contributed by atoms with Crippen LogP contribution in [0.3, 0.4) is 0 Å². The smallest absolute Gasteiger partial charge is 0.304 e. The van der Waals surface area contributed by atoms with Gasteiger partial charge in [0.1, 0.15) is 0 Å². The summed E-state index contributed by atoms with van der Waals surface area (Å²) in [6.07, 6.45) is 0.988. The van der Waals surface area contributed by atoms with E-state index in [0.717, 1.165) is 13.0 Å². The Hall–Kier alpha value is -0.650. The Morgan fingerprint density at radius 1 is 1.33 bits per heavy atom. The number of carboxylic acids is 1. The number of ether oxygens (including phenoxy) is 1. The lowest BCUT2D eigenvalue weighted by molar-refractivity contribution is -0.137. The molecule has 0 aromatic rings. The first-order valence-corrected chi connectivity index (χ1v) is 5.33. The van der Waals surface area contributed by atoms with Crippen LogP contribution in [0.15, 0.2) is 0 Å². The third-order valence-corrected chi connectivity index (χ3v) is 2.03. The molecule has 0 unspecified atom stereocenters. The van der Waals surface area contributed by atoms with Gasteiger partial charge < -0.3 is 19.8 Å². The molecule has 0 saturated carbocycles. The van der Waals surface area contributed by atoms with Gasteiger partial charge in [-0.1, -0.05) is 0 Å². The predicted molar refractivity (Wildman–Crippen MR) is 56.9 cm³/mol. The number of hydrogen-bond donors (Lipinski definition) is 2. The summed E-state index contributed by atoms with van der Waals surface area (Å²) in [7, 11) is 0. The van der Waals surface area contributed by atoms with Crippen molar-refractivity contribution >= 4 is 5.97 Å². The zero-order chi connectivity index (χ0) is 11.5. The maximum absolute atomic E-state index is 10.4. The van der Waals surface area contributed by atoms with Crippen LogP contribution in [0.1, 0.15) is 19.8 Å². The first kappa shape index (κ1) is 14.3. The molecule has 0 bridgehead atoms. The Bertz CT molecular complexity index is 164. The third kappa shape index (κ3) is 9.65. The molecule has 0 aromatic heterocycles. The Morgan fingerprint density at radius 2 is 2.07 bits per heavy atom. The summed E-state index contributed by atoms with van der Waals surface area (Å²) in [5, 5.41) is 17.3. The second-order valence-electron chi connectivity index (χ2n) is 3.26. The molecule has 0 spiro atoms. The number of aliphatic carboxylic acids is 1. The van der Waals surface area contributed by atoms with Crippen LogP contribution in [-0.2, 0) is 9.53 Å². The minimum atomic E-state index is -0.803. The Labute approximate surface area is 90.6 Å². The fourth-order valence-corrected chi connectivity index (χ4v) is 1.27. The van der Waals surface area contributed by atoms with Crippen LogP contribution < -0.4 is 0 Å². The lowest BCUT2D eigenvalue weighted by Gasteiger charge is -2.19. The number of hydrogen-bond acceptors (Lipinski definition) is 4. The molecular weight excluding hydrogens is 198 g/mol. The molecule has 5 nitrogen and oxygen atoms in total.